The van der Waals surface area contributed by atoms with Gasteiger partial charge in [-0.3, -0.25) is 4.79 Å². The predicted octanol–water partition coefficient (Wildman–Crippen LogP) is 3.04. The van der Waals surface area contributed by atoms with Crippen molar-refractivity contribution in [3.05, 3.63) is 28.2 Å². The summed E-state index contributed by atoms with van der Waals surface area (Å²) < 4.78 is 5.49. The van der Waals surface area contributed by atoms with Gasteiger partial charge in [-0.2, -0.15) is 0 Å². The standard InChI is InChI=1S/C13H18Cl2N2O2.ClH/c1-9(13(18)17-7-3-2-6-16)19-12-5-4-10(14)8-11(12)15;/h4-5,8-9H,2-3,6-7,16H2,1H3,(H,17,18);1H. The van der Waals surface area contributed by atoms with Crippen LogP contribution in [0.1, 0.15) is 19.8 Å². The number of nitrogens with two attached hydrogens (primary N) is 1. The van der Waals surface area contributed by atoms with Gasteiger partial charge < -0.3 is 15.8 Å². The van der Waals surface area contributed by atoms with E-state index in [2.05, 4.69) is 5.32 Å². The van der Waals surface area contributed by atoms with Gasteiger partial charge in [0.25, 0.3) is 5.91 Å². The highest BCUT2D eigenvalue weighted by Crippen LogP contribution is 2.28. The highest BCUT2D eigenvalue weighted by atomic mass is 35.5. The molecule has 1 aromatic rings. The van der Waals surface area contributed by atoms with Gasteiger partial charge in [0.1, 0.15) is 5.75 Å². The average molecular weight is 342 g/mol. The molecule has 0 aliphatic carbocycles. The van der Waals surface area contributed by atoms with E-state index in [-0.39, 0.29) is 18.3 Å². The first-order valence-electron chi connectivity index (χ1n) is 6.14. The van der Waals surface area contributed by atoms with Crippen molar-refractivity contribution in [1.82, 2.24) is 5.32 Å². The second-order valence-electron chi connectivity index (χ2n) is 4.12. The quantitative estimate of drug-likeness (QED) is 0.749. The van der Waals surface area contributed by atoms with Crippen molar-refractivity contribution in [2.75, 3.05) is 13.1 Å². The number of rotatable bonds is 7. The Morgan fingerprint density at radius 1 is 1.40 bits per heavy atom. The number of nitrogens with one attached hydrogen (secondary N) is 1. The molecule has 0 aliphatic heterocycles. The Labute approximate surface area is 135 Å². The molecule has 0 aromatic heterocycles. The van der Waals surface area contributed by atoms with E-state index in [1.54, 1.807) is 25.1 Å². The van der Waals surface area contributed by atoms with E-state index >= 15 is 0 Å². The van der Waals surface area contributed by atoms with Crippen LogP contribution in [0.2, 0.25) is 10.0 Å². The molecule has 0 saturated heterocycles. The lowest BCUT2D eigenvalue weighted by atomic mass is 10.3. The normalized spacial score (nSPS) is 11.4. The van der Waals surface area contributed by atoms with E-state index in [1.165, 1.54) is 0 Å². The SMILES string of the molecule is CC(Oc1ccc(Cl)cc1Cl)C(=O)NCCCCN.Cl. The zero-order valence-corrected chi connectivity index (χ0v) is 13.5. The summed E-state index contributed by atoms with van der Waals surface area (Å²) in [5, 5.41) is 3.69. The van der Waals surface area contributed by atoms with E-state index in [9.17, 15) is 4.79 Å². The lowest BCUT2D eigenvalue weighted by Crippen LogP contribution is -2.37. The third-order valence-electron chi connectivity index (χ3n) is 2.50. The summed E-state index contributed by atoms with van der Waals surface area (Å²) in [5.74, 6) is 0.263. The molecular weight excluding hydrogens is 323 g/mol. The van der Waals surface area contributed by atoms with E-state index in [1.807, 2.05) is 0 Å². The summed E-state index contributed by atoms with van der Waals surface area (Å²) in [7, 11) is 0. The van der Waals surface area contributed by atoms with Crippen molar-refractivity contribution in [2.24, 2.45) is 5.73 Å². The maximum atomic E-state index is 11.8. The molecule has 1 aromatic carbocycles. The Bertz CT molecular complexity index is 430. The minimum absolute atomic E-state index is 0. The van der Waals surface area contributed by atoms with Crippen LogP contribution >= 0.6 is 35.6 Å². The molecule has 0 radical (unpaired) electrons. The number of hydrogen-bond donors (Lipinski definition) is 2. The topological polar surface area (TPSA) is 64.3 Å². The van der Waals surface area contributed by atoms with Crippen molar-refractivity contribution in [3.63, 3.8) is 0 Å². The van der Waals surface area contributed by atoms with E-state index in [0.717, 1.165) is 12.8 Å². The second-order valence-corrected chi connectivity index (χ2v) is 4.97. The lowest BCUT2D eigenvalue weighted by molar-refractivity contribution is -0.127. The molecule has 1 rings (SSSR count). The number of carbonyl (C=O) groups excluding carboxylic acids is 1. The number of benzene rings is 1. The molecule has 7 heteroatoms. The summed E-state index contributed by atoms with van der Waals surface area (Å²) in [5.41, 5.74) is 5.37. The Morgan fingerprint density at radius 3 is 2.70 bits per heavy atom. The highest BCUT2D eigenvalue weighted by Gasteiger charge is 2.15. The minimum atomic E-state index is -0.614. The van der Waals surface area contributed by atoms with Gasteiger partial charge in [-0.05, 0) is 44.5 Å². The van der Waals surface area contributed by atoms with Crippen LogP contribution in [-0.4, -0.2) is 25.1 Å². The van der Waals surface area contributed by atoms with Crippen molar-refractivity contribution in [2.45, 2.75) is 25.9 Å². The number of unbranched alkanes of at least 4 members (excludes halogenated alkanes) is 1. The molecule has 114 valence electrons. The average Bonchev–Trinajstić information content (AvgIpc) is 2.37. The fourth-order valence-corrected chi connectivity index (χ4v) is 1.89. The Hall–Kier alpha value is -0.680. The number of hydrogen-bond acceptors (Lipinski definition) is 3. The summed E-state index contributed by atoms with van der Waals surface area (Å²) in [4.78, 5) is 11.8. The van der Waals surface area contributed by atoms with Crippen LogP contribution in [0.5, 0.6) is 5.75 Å². The smallest absolute Gasteiger partial charge is 0.260 e. The van der Waals surface area contributed by atoms with Gasteiger partial charge in [0.05, 0.1) is 5.02 Å². The molecule has 1 atom stereocenters. The minimum Gasteiger partial charge on any atom is -0.479 e. The maximum Gasteiger partial charge on any atom is 0.260 e. The first-order chi connectivity index (χ1) is 9.04. The summed E-state index contributed by atoms with van der Waals surface area (Å²) in [6, 6.07) is 4.88. The zero-order chi connectivity index (χ0) is 14.3. The lowest BCUT2D eigenvalue weighted by Gasteiger charge is -2.15. The molecule has 0 saturated carbocycles. The fraction of sp³-hybridized carbons (Fsp3) is 0.462. The van der Waals surface area contributed by atoms with Gasteiger partial charge in [0.15, 0.2) is 6.10 Å². The van der Waals surface area contributed by atoms with Gasteiger partial charge in [-0.15, -0.1) is 12.4 Å². The third-order valence-corrected chi connectivity index (χ3v) is 3.03. The van der Waals surface area contributed by atoms with Crippen LogP contribution in [-0.2, 0) is 4.79 Å². The van der Waals surface area contributed by atoms with Crippen molar-refractivity contribution < 1.29 is 9.53 Å². The van der Waals surface area contributed by atoms with Crippen LogP contribution in [0.25, 0.3) is 0 Å². The molecule has 0 aliphatic rings. The number of halogens is 3. The fourth-order valence-electron chi connectivity index (χ4n) is 1.44. The number of amides is 1. The van der Waals surface area contributed by atoms with E-state index < -0.39 is 6.10 Å². The summed E-state index contributed by atoms with van der Waals surface area (Å²) in [6.07, 6.45) is 1.13. The first kappa shape index (κ1) is 19.3. The monoisotopic (exact) mass is 340 g/mol. The van der Waals surface area contributed by atoms with Crippen LogP contribution in [0.15, 0.2) is 18.2 Å². The molecule has 0 fully saturated rings. The molecule has 3 N–H and O–H groups in total. The van der Waals surface area contributed by atoms with E-state index in [0.29, 0.717) is 28.9 Å². The predicted molar refractivity (Wildman–Crippen MR) is 85.1 cm³/mol. The maximum absolute atomic E-state index is 11.8. The third kappa shape index (κ3) is 6.66. The van der Waals surface area contributed by atoms with Gasteiger partial charge >= 0.3 is 0 Å². The molecule has 0 spiro atoms. The van der Waals surface area contributed by atoms with Gasteiger partial charge in [-0.25, -0.2) is 0 Å². The zero-order valence-electron chi connectivity index (χ0n) is 11.2. The molecule has 0 bridgehead atoms. The molecule has 4 nitrogen and oxygen atoms in total. The number of ether oxygens (including phenoxy) is 1. The summed E-state index contributed by atoms with van der Waals surface area (Å²) >= 11 is 11.8. The van der Waals surface area contributed by atoms with Crippen LogP contribution in [0.3, 0.4) is 0 Å². The Balaban J connectivity index is 0.00000361. The first-order valence-corrected chi connectivity index (χ1v) is 6.89. The van der Waals surface area contributed by atoms with Crippen molar-refractivity contribution in [3.8, 4) is 5.75 Å². The van der Waals surface area contributed by atoms with Crippen LogP contribution in [0, 0.1) is 0 Å². The van der Waals surface area contributed by atoms with Crippen molar-refractivity contribution >= 4 is 41.5 Å². The van der Waals surface area contributed by atoms with E-state index in [4.69, 9.17) is 33.7 Å². The van der Waals surface area contributed by atoms with Crippen LogP contribution in [0.4, 0.5) is 0 Å². The Morgan fingerprint density at radius 2 is 2.10 bits per heavy atom. The van der Waals surface area contributed by atoms with Gasteiger partial charge in [-0.1, -0.05) is 23.2 Å². The molecule has 1 unspecified atom stereocenters. The van der Waals surface area contributed by atoms with Gasteiger partial charge in [0, 0.05) is 11.6 Å². The highest BCUT2D eigenvalue weighted by molar-refractivity contribution is 6.35. The van der Waals surface area contributed by atoms with Crippen LogP contribution < -0.4 is 15.8 Å². The Kier molecular flexibility index (Phi) is 9.76. The molecule has 20 heavy (non-hydrogen) atoms. The molecule has 0 heterocycles. The van der Waals surface area contributed by atoms with Crippen molar-refractivity contribution in [1.29, 1.82) is 0 Å². The number of carbonyl (C=O) groups is 1. The summed E-state index contributed by atoms with van der Waals surface area (Å²) in [6.45, 7) is 2.89. The van der Waals surface area contributed by atoms with Gasteiger partial charge in [0.2, 0.25) is 0 Å². The molecule has 1 amide bonds. The largest absolute Gasteiger partial charge is 0.479 e. The molecular formula is C13H19Cl3N2O2. The second kappa shape index (κ2) is 10.1.